The van der Waals surface area contributed by atoms with Crippen LogP contribution < -0.4 is 4.74 Å². The lowest BCUT2D eigenvalue weighted by Gasteiger charge is -2.10. The highest BCUT2D eigenvalue weighted by molar-refractivity contribution is 7.89. The Kier molecular flexibility index (Phi) is 4.91. The third-order valence-corrected chi connectivity index (χ3v) is 4.74. The molecule has 136 valence electrons. The molecule has 0 unspecified atom stereocenters. The highest BCUT2D eigenvalue weighted by Crippen LogP contribution is 2.27. The molecule has 1 heterocycles. The summed E-state index contributed by atoms with van der Waals surface area (Å²) in [7, 11) is -3.11. The Balaban J connectivity index is 1.97. The van der Waals surface area contributed by atoms with Crippen molar-refractivity contribution in [3.63, 3.8) is 0 Å². The maximum atomic E-state index is 12.2. The molecule has 4 nitrogen and oxygen atoms in total. The van der Waals surface area contributed by atoms with Gasteiger partial charge in [0.05, 0.1) is 17.0 Å². The summed E-state index contributed by atoms with van der Waals surface area (Å²) in [5.74, 6) is 0.0714. The molecule has 26 heavy (non-hydrogen) atoms. The highest BCUT2D eigenvalue weighted by Gasteiger charge is 2.10. The quantitative estimate of drug-likeness (QED) is 0.663. The summed E-state index contributed by atoms with van der Waals surface area (Å²) in [6.45, 7) is -0.936. The molecule has 1 aromatic heterocycles. The van der Waals surface area contributed by atoms with E-state index in [4.69, 9.17) is 0 Å². The third-order valence-electron chi connectivity index (χ3n) is 3.88. The summed E-state index contributed by atoms with van der Waals surface area (Å²) in [5.41, 5.74) is 3.89. The second-order valence-electron chi connectivity index (χ2n) is 6.15. The molecule has 0 spiro atoms. The van der Waals surface area contributed by atoms with Crippen molar-refractivity contribution in [3.8, 4) is 17.0 Å². The van der Waals surface area contributed by atoms with Gasteiger partial charge in [-0.15, -0.1) is 0 Å². The molecule has 0 radical (unpaired) electrons. The van der Waals surface area contributed by atoms with Crippen molar-refractivity contribution in [2.75, 3.05) is 6.26 Å². The van der Waals surface area contributed by atoms with Gasteiger partial charge in [0.2, 0.25) is 0 Å². The fourth-order valence-corrected chi connectivity index (χ4v) is 3.57. The standard InChI is InChI=1S/C19H17F2NO3S/c1-12-9-18(14-4-6-15(7-5-14)25-19(20)21)22-17-8-3-13(10-16(12)17)11-26(2,23)24/h3-10,19H,11H2,1-2H3. The maximum absolute atomic E-state index is 12.2. The molecule has 2 aromatic carbocycles. The van der Waals surface area contributed by atoms with E-state index in [1.165, 1.54) is 18.4 Å². The smallest absolute Gasteiger partial charge is 0.387 e. The van der Waals surface area contributed by atoms with Crippen LogP contribution >= 0.6 is 0 Å². The minimum atomic E-state index is -3.11. The Morgan fingerprint density at radius 3 is 2.38 bits per heavy atom. The van der Waals surface area contributed by atoms with Gasteiger partial charge < -0.3 is 4.74 Å². The van der Waals surface area contributed by atoms with Gasteiger partial charge in [0, 0.05) is 17.2 Å². The molecule has 7 heteroatoms. The van der Waals surface area contributed by atoms with E-state index in [-0.39, 0.29) is 11.5 Å². The van der Waals surface area contributed by atoms with Gasteiger partial charge in [0.15, 0.2) is 9.84 Å². The molecule has 0 fully saturated rings. The van der Waals surface area contributed by atoms with E-state index in [1.807, 2.05) is 19.1 Å². The Bertz CT molecular complexity index is 1050. The first-order chi connectivity index (χ1) is 12.2. The van der Waals surface area contributed by atoms with Crippen molar-refractivity contribution in [1.82, 2.24) is 4.98 Å². The monoisotopic (exact) mass is 377 g/mol. The molecule has 3 aromatic rings. The van der Waals surface area contributed by atoms with Crippen LogP contribution in [0.25, 0.3) is 22.2 Å². The van der Waals surface area contributed by atoms with E-state index >= 15 is 0 Å². The Morgan fingerprint density at radius 2 is 1.77 bits per heavy atom. The normalized spacial score (nSPS) is 11.9. The number of aromatic nitrogens is 1. The Labute approximate surface area is 150 Å². The second kappa shape index (κ2) is 6.99. The first-order valence-electron chi connectivity index (χ1n) is 7.84. The number of rotatable bonds is 5. The van der Waals surface area contributed by atoms with Crippen molar-refractivity contribution in [2.45, 2.75) is 19.3 Å². The number of aryl methyl sites for hydroxylation is 1. The number of sulfone groups is 1. The number of alkyl halides is 2. The van der Waals surface area contributed by atoms with Crippen LogP contribution in [0.1, 0.15) is 11.1 Å². The lowest BCUT2D eigenvalue weighted by atomic mass is 10.0. The van der Waals surface area contributed by atoms with Gasteiger partial charge >= 0.3 is 6.61 Å². The van der Waals surface area contributed by atoms with Gasteiger partial charge in [-0.05, 0) is 60.5 Å². The number of fused-ring (bicyclic) bond motifs is 1. The van der Waals surface area contributed by atoms with Crippen molar-refractivity contribution < 1.29 is 21.9 Å². The van der Waals surface area contributed by atoms with E-state index in [2.05, 4.69) is 9.72 Å². The topological polar surface area (TPSA) is 56.3 Å². The van der Waals surface area contributed by atoms with E-state index in [1.54, 1.807) is 24.3 Å². The van der Waals surface area contributed by atoms with Crippen LogP contribution in [0.2, 0.25) is 0 Å². The molecule has 0 aliphatic carbocycles. The molecule has 0 atom stereocenters. The fourth-order valence-electron chi connectivity index (χ4n) is 2.79. The number of nitrogens with zero attached hydrogens (tertiary/aromatic N) is 1. The van der Waals surface area contributed by atoms with Crippen LogP contribution in [-0.2, 0) is 15.6 Å². The number of halogens is 2. The zero-order valence-corrected chi connectivity index (χ0v) is 15.1. The highest BCUT2D eigenvalue weighted by atomic mass is 32.2. The molecule has 0 bridgehead atoms. The predicted molar refractivity (Wildman–Crippen MR) is 97.1 cm³/mol. The van der Waals surface area contributed by atoms with Gasteiger partial charge in [0.1, 0.15) is 5.75 Å². The van der Waals surface area contributed by atoms with Crippen molar-refractivity contribution >= 4 is 20.7 Å². The number of hydrogen-bond donors (Lipinski definition) is 0. The van der Waals surface area contributed by atoms with Gasteiger partial charge in [0.25, 0.3) is 0 Å². The number of ether oxygens (including phenoxy) is 1. The van der Waals surface area contributed by atoms with Gasteiger partial charge in [-0.3, -0.25) is 0 Å². The zero-order valence-electron chi connectivity index (χ0n) is 14.2. The van der Waals surface area contributed by atoms with Gasteiger partial charge in [-0.1, -0.05) is 6.07 Å². The lowest BCUT2D eigenvalue weighted by molar-refractivity contribution is -0.0498. The lowest BCUT2D eigenvalue weighted by Crippen LogP contribution is -2.01. The summed E-state index contributed by atoms with van der Waals surface area (Å²) >= 11 is 0. The van der Waals surface area contributed by atoms with E-state index in [9.17, 15) is 17.2 Å². The number of benzene rings is 2. The molecule has 3 rings (SSSR count). The molecule has 0 aliphatic rings. The molecule has 0 amide bonds. The van der Waals surface area contributed by atoms with E-state index in [0.29, 0.717) is 11.3 Å². The first-order valence-corrected chi connectivity index (χ1v) is 9.90. The number of hydrogen-bond acceptors (Lipinski definition) is 4. The molecule has 0 saturated heterocycles. The predicted octanol–water partition coefficient (Wildman–Crippen LogP) is 4.36. The number of pyridine rings is 1. The summed E-state index contributed by atoms with van der Waals surface area (Å²) in [5, 5.41) is 0.882. The molecular formula is C19H17F2NO3S. The second-order valence-corrected chi connectivity index (χ2v) is 8.29. The molecular weight excluding hydrogens is 360 g/mol. The van der Waals surface area contributed by atoms with Crippen LogP contribution in [0.4, 0.5) is 8.78 Å². The van der Waals surface area contributed by atoms with Crippen molar-refractivity contribution in [1.29, 1.82) is 0 Å². The van der Waals surface area contributed by atoms with Gasteiger partial charge in [-0.2, -0.15) is 8.78 Å². The maximum Gasteiger partial charge on any atom is 0.387 e. The van der Waals surface area contributed by atoms with Crippen molar-refractivity contribution in [2.24, 2.45) is 0 Å². The van der Waals surface area contributed by atoms with E-state index in [0.717, 1.165) is 22.0 Å². The summed E-state index contributed by atoms with van der Waals surface area (Å²) in [6.07, 6.45) is 1.20. The third kappa shape index (κ3) is 4.35. The minimum Gasteiger partial charge on any atom is -0.435 e. The van der Waals surface area contributed by atoms with Crippen LogP contribution in [0, 0.1) is 6.92 Å². The molecule has 0 N–H and O–H groups in total. The Morgan fingerprint density at radius 1 is 1.08 bits per heavy atom. The van der Waals surface area contributed by atoms with Crippen LogP contribution in [-0.4, -0.2) is 26.3 Å². The van der Waals surface area contributed by atoms with E-state index < -0.39 is 16.4 Å². The first kappa shape index (κ1) is 18.3. The zero-order chi connectivity index (χ0) is 18.9. The average molecular weight is 377 g/mol. The summed E-state index contributed by atoms with van der Waals surface area (Å²) in [6, 6.07) is 13.5. The van der Waals surface area contributed by atoms with Crippen LogP contribution in [0.15, 0.2) is 48.5 Å². The van der Waals surface area contributed by atoms with Crippen molar-refractivity contribution in [3.05, 3.63) is 59.7 Å². The SMILES string of the molecule is Cc1cc(-c2ccc(OC(F)F)cc2)nc2ccc(CS(C)(=O)=O)cc12. The molecule has 0 saturated carbocycles. The summed E-state index contributed by atoms with van der Waals surface area (Å²) < 4.78 is 51.8. The Hall–Kier alpha value is -2.54. The largest absolute Gasteiger partial charge is 0.435 e. The van der Waals surface area contributed by atoms with Gasteiger partial charge in [-0.25, -0.2) is 13.4 Å². The summed E-state index contributed by atoms with van der Waals surface area (Å²) in [4.78, 5) is 4.60. The fraction of sp³-hybridized carbons (Fsp3) is 0.211. The molecule has 0 aliphatic heterocycles. The van der Waals surface area contributed by atoms with Crippen LogP contribution in [0.3, 0.4) is 0 Å². The average Bonchev–Trinajstić information content (AvgIpc) is 2.54. The minimum absolute atomic E-state index is 0.0181. The van der Waals surface area contributed by atoms with Crippen LogP contribution in [0.5, 0.6) is 5.75 Å².